The van der Waals surface area contributed by atoms with E-state index < -0.39 is 6.03 Å². The van der Waals surface area contributed by atoms with Crippen LogP contribution < -0.4 is 11.2 Å². The van der Waals surface area contributed by atoms with Gasteiger partial charge in [0, 0.05) is 15.4 Å². The van der Waals surface area contributed by atoms with Crippen molar-refractivity contribution in [1.29, 1.82) is 0 Å². The van der Waals surface area contributed by atoms with Crippen LogP contribution in [0.25, 0.3) is 0 Å². The summed E-state index contributed by atoms with van der Waals surface area (Å²) in [7, 11) is 0. The quantitative estimate of drug-likeness (QED) is 0.670. The summed E-state index contributed by atoms with van der Waals surface area (Å²) in [6.45, 7) is 3.87. The summed E-state index contributed by atoms with van der Waals surface area (Å²) in [5, 5.41) is 4.02. The number of carbonyl (C=O) groups is 1. The van der Waals surface area contributed by atoms with Gasteiger partial charge in [0.1, 0.15) is 0 Å². The number of amides is 2. The number of hydrogen-bond acceptors (Lipinski definition) is 3. The molecule has 0 aliphatic carbocycles. The minimum atomic E-state index is -0.667. The number of rotatable bonds is 4. The Balaban J connectivity index is 2.33. The number of aryl methyl sites for hydroxylation is 1. The van der Waals surface area contributed by atoms with E-state index in [0.29, 0.717) is 0 Å². The van der Waals surface area contributed by atoms with E-state index in [-0.39, 0.29) is 0 Å². The molecule has 0 saturated carbocycles. The van der Waals surface area contributed by atoms with E-state index in [1.807, 2.05) is 38.1 Å². The molecule has 2 amide bonds. The van der Waals surface area contributed by atoms with Crippen LogP contribution >= 0.6 is 11.8 Å². The van der Waals surface area contributed by atoms with Crippen LogP contribution in [0.4, 0.5) is 4.79 Å². The molecule has 21 heavy (non-hydrogen) atoms. The SMILES string of the molecule is C/C(=N/NC(N)=O)c1cc(C)ccc1Sc1ccccc1. The van der Waals surface area contributed by atoms with Crippen LogP contribution in [0.1, 0.15) is 18.1 Å². The smallest absolute Gasteiger partial charge is 0.332 e. The zero-order valence-electron chi connectivity index (χ0n) is 12.0. The van der Waals surface area contributed by atoms with Crippen LogP contribution in [0.15, 0.2) is 63.4 Å². The number of urea groups is 1. The Bertz CT molecular complexity index is 668. The minimum absolute atomic E-state index is 0.667. The van der Waals surface area contributed by atoms with Crippen LogP contribution in [0.5, 0.6) is 0 Å². The molecule has 4 nitrogen and oxygen atoms in total. The standard InChI is InChI=1S/C16H17N3OS/c1-11-8-9-15(21-13-6-4-3-5-7-13)14(10-11)12(2)18-19-16(17)20/h3-10H,1-2H3,(H3,17,19,20)/b18-12-. The highest BCUT2D eigenvalue weighted by Gasteiger charge is 2.08. The molecule has 0 aromatic heterocycles. The van der Waals surface area contributed by atoms with Gasteiger partial charge in [0.05, 0.1) is 5.71 Å². The average molecular weight is 299 g/mol. The molecule has 0 radical (unpaired) electrons. The Morgan fingerprint density at radius 1 is 1.19 bits per heavy atom. The van der Waals surface area contributed by atoms with Crippen LogP contribution in [-0.2, 0) is 0 Å². The lowest BCUT2D eigenvalue weighted by atomic mass is 10.1. The second-order valence-corrected chi connectivity index (χ2v) is 5.70. The predicted molar refractivity (Wildman–Crippen MR) is 86.7 cm³/mol. The van der Waals surface area contributed by atoms with E-state index in [4.69, 9.17) is 5.73 Å². The van der Waals surface area contributed by atoms with Gasteiger partial charge in [-0.1, -0.05) is 41.6 Å². The van der Waals surface area contributed by atoms with Crippen LogP contribution in [0, 0.1) is 6.92 Å². The monoisotopic (exact) mass is 299 g/mol. The van der Waals surface area contributed by atoms with Crippen LogP contribution in [-0.4, -0.2) is 11.7 Å². The summed E-state index contributed by atoms with van der Waals surface area (Å²) in [6, 6.07) is 15.6. The lowest BCUT2D eigenvalue weighted by molar-refractivity contribution is 0.249. The third-order valence-corrected chi connectivity index (χ3v) is 3.91. The minimum Gasteiger partial charge on any atom is -0.350 e. The molecule has 2 aromatic carbocycles. The van der Waals surface area contributed by atoms with Gasteiger partial charge in [0.15, 0.2) is 0 Å². The van der Waals surface area contributed by atoms with Gasteiger partial charge >= 0.3 is 6.03 Å². The molecule has 0 spiro atoms. The molecule has 3 N–H and O–H groups in total. The fourth-order valence-electron chi connectivity index (χ4n) is 1.83. The van der Waals surface area contributed by atoms with Gasteiger partial charge in [-0.15, -0.1) is 0 Å². The molecule has 0 fully saturated rings. The molecule has 2 rings (SSSR count). The largest absolute Gasteiger partial charge is 0.350 e. The van der Waals surface area contributed by atoms with E-state index in [2.05, 4.69) is 34.8 Å². The molecule has 5 heteroatoms. The van der Waals surface area contributed by atoms with Gasteiger partial charge in [-0.3, -0.25) is 0 Å². The Kier molecular flexibility index (Phi) is 5.00. The number of carbonyl (C=O) groups excluding carboxylic acids is 1. The molecule has 0 atom stereocenters. The lowest BCUT2D eigenvalue weighted by Gasteiger charge is -2.10. The fourth-order valence-corrected chi connectivity index (χ4v) is 2.83. The second kappa shape index (κ2) is 6.95. The summed E-state index contributed by atoms with van der Waals surface area (Å²) in [4.78, 5) is 13.0. The van der Waals surface area contributed by atoms with E-state index in [0.717, 1.165) is 26.6 Å². The number of primary amides is 1. The van der Waals surface area contributed by atoms with Gasteiger partial charge in [-0.2, -0.15) is 5.10 Å². The third-order valence-electron chi connectivity index (χ3n) is 2.83. The van der Waals surface area contributed by atoms with Crippen molar-refractivity contribution >= 4 is 23.5 Å². The van der Waals surface area contributed by atoms with E-state index in [9.17, 15) is 4.79 Å². The third kappa shape index (κ3) is 4.36. The molecular formula is C16H17N3OS. The molecule has 0 unspecified atom stereocenters. The van der Waals surface area contributed by atoms with Gasteiger partial charge < -0.3 is 5.73 Å². The van der Waals surface area contributed by atoms with Gasteiger partial charge in [-0.25, -0.2) is 10.2 Å². The molecular weight excluding hydrogens is 282 g/mol. The van der Waals surface area contributed by atoms with Gasteiger partial charge in [-0.05, 0) is 38.1 Å². The molecule has 0 aliphatic heterocycles. The highest BCUT2D eigenvalue weighted by molar-refractivity contribution is 7.99. The van der Waals surface area contributed by atoms with Crippen molar-refractivity contribution < 1.29 is 4.79 Å². The Hall–Kier alpha value is -2.27. The summed E-state index contributed by atoms with van der Waals surface area (Å²) in [6.07, 6.45) is 0. The molecule has 2 aromatic rings. The number of hydrogen-bond donors (Lipinski definition) is 2. The van der Waals surface area contributed by atoms with Crippen molar-refractivity contribution in [2.75, 3.05) is 0 Å². The van der Waals surface area contributed by atoms with Crippen molar-refractivity contribution in [2.24, 2.45) is 10.8 Å². The zero-order chi connectivity index (χ0) is 15.2. The number of nitrogens with one attached hydrogen (secondary N) is 1. The molecule has 0 heterocycles. The molecule has 0 bridgehead atoms. The van der Waals surface area contributed by atoms with Gasteiger partial charge in [0.2, 0.25) is 0 Å². The van der Waals surface area contributed by atoms with Crippen molar-refractivity contribution in [3.63, 3.8) is 0 Å². The maximum absolute atomic E-state index is 10.8. The van der Waals surface area contributed by atoms with Gasteiger partial charge in [0.25, 0.3) is 0 Å². The van der Waals surface area contributed by atoms with E-state index in [1.165, 1.54) is 0 Å². The molecule has 108 valence electrons. The maximum Gasteiger partial charge on any atom is 0.332 e. The summed E-state index contributed by atoms with van der Waals surface area (Å²) < 4.78 is 0. The number of nitrogens with two attached hydrogens (primary N) is 1. The van der Waals surface area contributed by atoms with Crippen molar-refractivity contribution in [3.05, 3.63) is 59.7 Å². The lowest BCUT2D eigenvalue weighted by Crippen LogP contribution is -2.25. The topological polar surface area (TPSA) is 67.5 Å². The van der Waals surface area contributed by atoms with E-state index in [1.54, 1.807) is 11.8 Å². The van der Waals surface area contributed by atoms with Crippen molar-refractivity contribution in [1.82, 2.24) is 5.43 Å². The van der Waals surface area contributed by atoms with Crippen molar-refractivity contribution in [3.8, 4) is 0 Å². The maximum atomic E-state index is 10.8. The first-order valence-electron chi connectivity index (χ1n) is 6.50. The summed E-state index contributed by atoms with van der Waals surface area (Å²) in [5.41, 5.74) is 10.2. The van der Waals surface area contributed by atoms with E-state index >= 15 is 0 Å². The first-order valence-corrected chi connectivity index (χ1v) is 7.31. The Labute approximate surface area is 128 Å². The molecule has 0 aliphatic rings. The normalized spacial score (nSPS) is 11.2. The second-order valence-electron chi connectivity index (χ2n) is 4.59. The number of nitrogens with zero attached hydrogens (tertiary/aromatic N) is 1. The highest BCUT2D eigenvalue weighted by Crippen LogP contribution is 2.31. The van der Waals surface area contributed by atoms with Crippen molar-refractivity contribution in [2.45, 2.75) is 23.6 Å². The Morgan fingerprint density at radius 3 is 2.57 bits per heavy atom. The number of hydrazone groups is 1. The van der Waals surface area contributed by atoms with Crippen LogP contribution in [0.3, 0.4) is 0 Å². The Morgan fingerprint density at radius 2 is 1.90 bits per heavy atom. The average Bonchev–Trinajstić information content (AvgIpc) is 2.47. The van der Waals surface area contributed by atoms with Crippen LogP contribution in [0.2, 0.25) is 0 Å². The first kappa shape index (κ1) is 15.1. The zero-order valence-corrected chi connectivity index (χ0v) is 12.8. The molecule has 0 saturated heterocycles. The first-order chi connectivity index (χ1) is 10.1. The fraction of sp³-hybridized carbons (Fsp3) is 0.125. The predicted octanol–water partition coefficient (Wildman–Crippen LogP) is 3.54. The summed E-state index contributed by atoms with van der Waals surface area (Å²) in [5.74, 6) is 0. The summed E-state index contributed by atoms with van der Waals surface area (Å²) >= 11 is 1.66. The highest BCUT2D eigenvalue weighted by atomic mass is 32.2. The number of benzene rings is 2.